The van der Waals surface area contributed by atoms with Crippen LogP contribution in [0.25, 0.3) is 0 Å². The largest absolute Gasteiger partial charge is 0.288 e. The molecule has 1 heteroatoms. The SMILES string of the molecule is C=CC[N@@+](C)(c1ccccc1)C(C)C. The highest BCUT2D eigenvalue weighted by atomic mass is 15.3. The summed E-state index contributed by atoms with van der Waals surface area (Å²) < 4.78 is 0.921. The van der Waals surface area contributed by atoms with Crippen LogP contribution in [0.4, 0.5) is 5.69 Å². The maximum Gasteiger partial charge on any atom is 0.133 e. The molecule has 0 saturated carbocycles. The van der Waals surface area contributed by atoms with Gasteiger partial charge in [0, 0.05) is 0 Å². The minimum absolute atomic E-state index is 0.565. The number of para-hydroxylation sites is 1. The van der Waals surface area contributed by atoms with Gasteiger partial charge in [0.2, 0.25) is 0 Å². The summed E-state index contributed by atoms with van der Waals surface area (Å²) in [5, 5.41) is 0. The highest BCUT2D eigenvalue weighted by Crippen LogP contribution is 2.23. The lowest BCUT2D eigenvalue weighted by Crippen LogP contribution is -2.50. The van der Waals surface area contributed by atoms with E-state index in [0.29, 0.717) is 6.04 Å². The van der Waals surface area contributed by atoms with Gasteiger partial charge in [0.25, 0.3) is 0 Å². The monoisotopic (exact) mass is 190 g/mol. The molecule has 0 aromatic heterocycles. The van der Waals surface area contributed by atoms with Gasteiger partial charge in [0.1, 0.15) is 12.2 Å². The van der Waals surface area contributed by atoms with Gasteiger partial charge >= 0.3 is 0 Å². The van der Waals surface area contributed by atoms with Crippen molar-refractivity contribution >= 4 is 5.69 Å². The van der Waals surface area contributed by atoms with Crippen LogP contribution in [-0.2, 0) is 0 Å². The molecule has 1 rings (SSSR count). The lowest BCUT2D eigenvalue weighted by atomic mass is 10.2. The maximum absolute atomic E-state index is 3.84. The molecule has 0 spiro atoms. The van der Waals surface area contributed by atoms with Gasteiger partial charge in [-0.2, -0.15) is 0 Å². The van der Waals surface area contributed by atoms with Crippen LogP contribution >= 0.6 is 0 Å². The number of quaternary nitrogens is 1. The van der Waals surface area contributed by atoms with Crippen molar-refractivity contribution in [3.63, 3.8) is 0 Å². The zero-order chi connectivity index (χ0) is 10.6. The first-order valence-electron chi connectivity index (χ1n) is 5.13. The average Bonchev–Trinajstić information content (AvgIpc) is 2.19. The Morgan fingerprint density at radius 1 is 1.29 bits per heavy atom. The molecule has 1 aromatic carbocycles. The number of hydrogen-bond acceptors (Lipinski definition) is 0. The van der Waals surface area contributed by atoms with E-state index in [1.165, 1.54) is 5.69 Å². The van der Waals surface area contributed by atoms with E-state index in [1.54, 1.807) is 0 Å². The van der Waals surface area contributed by atoms with Crippen molar-refractivity contribution in [2.45, 2.75) is 19.9 Å². The van der Waals surface area contributed by atoms with Gasteiger partial charge in [-0.1, -0.05) is 24.8 Å². The second-order valence-electron chi connectivity index (χ2n) is 4.17. The van der Waals surface area contributed by atoms with Crippen molar-refractivity contribution in [3.8, 4) is 0 Å². The fourth-order valence-electron chi connectivity index (χ4n) is 1.65. The molecule has 1 atom stereocenters. The molecule has 0 unspecified atom stereocenters. The normalized spacial score (nSPS) is 15.1. The summed E-state index contributed by atoms with van der Waals surface area (Å²) >= 11 is 0. The molecule has 0 fully saturated rings. The standard InChI is InChI=1S/C13H20N/c1-5-11-14(4,12(2)3)13-9-7-6-8-10-13/h5-10,12H,1,11H2,2-4H3/q+1/t14-/m1/s1. The Balaban J connectivity index is 3.05. The van der Waals surface area contributed by atoms with Crippen LogP contribution < -0.4 is 4.48 Å². The van der Waals surface area contributed by atoms with Gasteiger partial charge in [0.05, 0.1) is 13.1 Å². The lowest BCUT2D eigenvalue weighted by Gasteiger charge is -2.37. The summed E-state index contributed by atoms with van der Waals surface area (Å²) in [7, 11) is 2.25. The zero-order valence-electron chi connectivity index (χ0n) is 9.40. The fraction of sp³-hybridized carbons (Fsp3) is 0.385. The molecule has 0 heterocycles. The molecule has 0 radical (unpaired) electrons. The van der Waals surface area contributed by atoms with Crippen molar-refractivity contribution in [3.05, 3.63) is 43.0 Å². The topological polar surface area (TPSA) is 0 Å². The van der Waals surface area contributed by atoms with E-state index >= 15 is 0 Å². The molecular weight excluding hydrogens is 170 g/mol. The smallest absolute Gasteiger partial charge is 0.133 e. The molecule has 0 bridgehead atoms. The van der Waals surface area contributed by atoms with Gasteiger partial charge in [0.15, 0.2) is 0 Å². The summed E-state index contributed by atoms with van der Waals surface area (Å²) in [6.07, 6.45) is 1.99. The van der Waals surface area contributed by atoms with Crippen molar-refractivity contribution in [2.75, 3.05) is 13.6 Å². The predicted molar refractivity (Wildman–Crippen MR) is 64.4 cm³/mol. The Labute approximate surface area is 87.3 Å². The average molecular weight is 190 g/mol. The number of hydrogen-bond donors (Lipinski definition) is 0. The third-order valence-corrected chi connectivity index (χ3v) is 2.99. The zero-order valence-corrected chi connectivity index (χ0v) is 9.40. The Bertz CT molecular complexity index is 289. The van der Waals surface area contributed by atoms with Gasteiger partial charge in [-0.15, -0.1) is 0 Å². The molecule has 0 aliphatic rings. The van der Waals surface area contributed by atoms with Crippen LogP contribution in [-0.4, -0.2) is 19.6 Å². The summed E-state index contributed by atoms with van der Waals surface area (Å²) in [5.41, 5.74) is 1.35. The summed E-state index contributed by atoms with van der Waals surface area (Å²) in [6, 6.07) is 11.2. The number of benzene rings is 1. The molecule has 0 N–H and O–H groups in total. The van der Waals surface area contributed by atoms with Crippen LogP contribution in [0, 0.1) is 0 Å². The van der Waals surface area contributed by atoms with Gasteiger partial charge in [-0.05, 0) is 32.1 Å². The Hall–Kier alpha value is -1.08. The Morgan fingerprint density at radius 2 is 1.86 bits per heavy atom. The third kappa shape index (κ3) is 2.05. The van der Waals surface area contributed by atoms with Crippen molar-refractivity contribution in [2.24, 2.45) is 0 Å². The van der Waals surface area contributed by atoms with Crippen LogP contribution in [0.1, 0.15) is 13.8 Å². The quantitative estimate of drug-likeness (QED) is 0.505. The first-order valence-corrected chi connectivity index (χ1v) is 5.13. The first-order chi connectivity index (χ1) is 6.61. The summed E-state index contributed by atoms with van der Waals surface area (Å²) in [5.74, 6) is 0. The maximum atomic E-state index is 3.84. The van der Waals surface area contributed by atoms with Gasteiger partial charge in [-0.3, -0.25) is 4.48 Å². The molecule has 14 heavy (non-hydrogen) atoms. The molecule has 0 saturated heterocycles. The van der Waals surface area contributed by atoms with E-state index < -0.39 is 0 Å². The van der Waals surface area contributed by atoms with Crippen LogP contribution in [0.3, 0.4) is 0 Å². The van der Waals surface area contributed by atoms with E-state index in [1.807, 2.05) is 6.08 Å². The summed E-state index contributed by atoms with van der Waals surface area (Å²) in [6.45, 7) is 9.30. The molecule has 0 aliphatic carbocycles. The highest BCUT2D eigenvalue weighted by Gasteiger charge is 2.26. The summed E-state index contributed by atoms with van der Waals surface area (Å²) in [4.78, 5) is 0. The number of rotatable bonds is 4. The molecule has 76 valence electrons. The second kappa shape index (κ2) is 4.43. The van der Waals surface area contributed by atoms with E-state index in [-0.39, 0.29) is 0 Å². The first kappa shape index (κ1) is 11.0. The predicted octanol–water partition coefficient (Wildman–Crippen LogP) is 3.22. The van der Waals surface area contributed by atoms with Crippen LogP contribution in [0.2, 0.25) is 0 Å². The van der Waals surface area contributed by atoms with E-state index in [0.717, 1.165) is 11.0 Å². The van der Waals surface area contributed by atoms with E-state index in [2.05, 4.69) is 57.8 Å². The number of nitrogens with zero attached hydrogens (tertiary/aromatic N) is 1. The molecule has 1 nitrogen and oxygen atoms in total. The Morgan fingerprint density at radius 3 is 2.29 bits per heavy atom. The van der Waals surface area contributed by atoms with E-state index in [9.17, 15) is 0 Å². The lowest BCUT2D eigenvalue weighted by molar-refractivity contribution is 0.299. The molecule has 1 aromatic rings. The van der Waals surface area contributed by atoms with Gasteiger partial charge in [-0.25, -0.2) is 0 Å². The molecule has 0 aliphatic heterocycles. The Kier molecular flexibility index (Phi) is 3.48. The second-order valence-corrected chi connectivity index (χ2v) is 4.17. The fourth-order valence-corrected chi connectivity index (χ4v) is 1.65. The number of likely N-dealkylation sites (N-methyl/N-ethyl adjacent to an activating group) is 1. The van der Waals surface area contributed by atoms with Crippen molar-refractivity contribution in [1.82, 2.24) is 4.48 Å². The third-order valence-electron chi connectivity index (χ3n) is 2.99. The van der Waals surface area contributed by atoms with E-state index in [4.69, 9.17) is 0 Å². The van der Waals surface area contributed by atoms with Crippen LogP contribution in [0.5, 0.6) is 0 Å². The van der Waals surface area contributed by atoms with Gasteiger partial charge < -0.3 is 0 Å². The minimum Gasteiger partial charge on any atom is -0.288 e. The van der Waals surface area contributed by atoms with Crippen molar-refractivity contribution in [1.29, 1.82) is 0 Å². The molecular formula is C13H20N+. The van der Waals surface area contributed by atoms with Crippen molar-refractivity contribution < 1.29 is 0 Å². The minimum atomic E-state index is 0.565. The molecule has 0 amide bonds. The highest BCUT2D eigenvalue weighted by molar-refractivity contribution is 5.42. The van der Waals surface area contributed by atoms with Crippen LogP contribution in [0.15, 0.2) is 43.0 Å².